The van der Waals surface area contributed by atoms with Crippen LogP contribution in [0.5, 0.6) is 0 Å². The molecule has 0 bridgehead atoms. The summed E-state index contributed by atoms with van der Waals surface area (Å²) in [5.74, 6) is -1.73. The van der Waals surface area contributed by atoms with E-state index < -0.39 is 67.9 Å². The molecule has 0 saturated carbocycles. The maximum atomic E-state index is 14.7. The van der Waals surface area contributed by atoms with Crippen molar-refractivity contribution in [2.75, 3.05) is 26.6 Å². The summed E-state index contributed by atoms with van der Waals surface area (Å²) in [7, 11) is -2.11. The number of aliphatic hydroxyl groups is 2. The van der Waals surface area contributed by atoms with Gasteiger partial charge in [0.25, 0.3) is 5.56 Å². The van der Waals surface area contributed by atoms with Gasteiger partial charge in [-0.25, -0.2) is 15.2 Å². The fourth-order valence-corrected chi connectivity index (χ4v) is 7.33. The number of aromatic nitrogens is 4. The summed E-state index contributed by atoms with van der Waals surface area (Å²) in [6, 6.07) is 15.3. The minimum atomic E-state index is -4.46. The molecule has 7 N–H and O–H groups in total. The summed E-state index contributed by atoms with van der Waals surface area (Å²) in [5.41, 5.74) is 4.41. The number of aromatic amines is 1. The van der Waals surface area contributed by atoms with Crippen LogP contribution in [-0.4, -0.2) is 92.4 Å². The molecule has 1 aliphatic rings. The van der Waals surface area contributed by atoms with E-state index in [-0.39, 0.29) is 30.0 Å². The number of nitrogens with zero attached hydrogens (tertiary/aromatic N) is 3. The van der Waals surface area contributed by atoms with Crippen LogP contribution < -0.4 is 21.5 Å². The molecule has 2 aromatic carbocycles. The molecule has 18 heteroatoms. The zero-order valence-corrected chi connectivity index (χ0v) is 27.8. The number of benzene rings is 2. The highest BCUT2D eigenvalue weighted by atomic mass is 31.2. The summed E-state index contributed by atoms with van der Waals surface area (Å²) < 4.78 is 37.8. The molecule has 17 nitrogen and oxygen atoms in total. The highest BCUT2D eigenvalue weighted by Gasteiger charge is 2.54. The Kier molecular flexibility index (Phi) is 10.9. The Bertz CT molecular complexity index is 1800. The quantitative estimate of drug-likeness (QED) is 0.0779. The van der Waals surface area contributed by atoms with Crippen LogP contribution in [0.15, 0.2) is 71.8 Å². The molecular formula is C31H38N7O10P. The summed E-state index contributed by atoms with van der Waals surface area (Å²) in [5, 5.41) is 28.0. The molecule has 0 radical (unpaired) electrons. The maximum Gasteiger partial charge on any atom is 0.342 e. The van der Waals surface area contributed by atoms with Gasteiger partial charge in [0.05, 0.1) is 27.2 Å². The molecular weight excluding hydrogens is 661 g/mol. The van der Waals surface area contributed by atoms with Crippen LogP contribution in [0.3, 0.4) is 0 Å². The Morgan fingerprint density at radius 2 is 1.57 bits per heavy atom. The topological polar surface area (TPSA) is 242 Å². The summed E-state index contributed by atoms with van der Waals surface area (Å²) in [6.07, 6.45) is -3.05. The predicted octanol–water partition coefficient (Wildman–Crippen LogP) is 0.584. The number of imidazole rings is 1. The van der Waals surface area contributed by atoms with Gasteiger partial charge in [0.2, 0.25) is 5.95 Å². The number of hydrogen-bond donors (Lipinski definition) is 6. The number of nitrogens with two attached hydrogens (primary N) is 1. The van der Waals surface area contributed by atoms with Crippen molar-refractivity contribution in [1.82, 2.24) is 29.7 Å². The van der Waals surface area contributed by atoms with E-state index in [4.69, 9.17) is 24.5 Å². The normalized spacial score (nSPS) is 22.1. The first-order chi connectivity index (χ1) is 23.3. The maximum absolute atomic E-state index is 14.7. The number of aliphatic hydroxyl groups excluding tert-OH is 1. The van der Waals surface area contributed by atoms with E-state index in [9.17, 15) is 29.2 Å². The van der Waals surface area contributed by atoms with Crippen LogP contribution >= 0.6 is 7.67 Å². The van der Waals surface area contributed by atoms with Gasteiger partial charge in [-0.05, 0) is 30.9 Å². The largest absolute Gasteiger partial charge is 0.468 e. The minimum Gasteiger partial charge on any atom is -0.468 e. The lowest BCUT2D eigenvalue weighted by atomic mass is 9.96. The number of H-pyrrole nitrogens is 1. The second kappa shape index (κ2) is 15.0. The SMILES string of the molecule is COC(=O)[C@H](Cc1ccccc1)NP(=O)(N[C@@H](Cc1ccccc1)C(=O)OC)OC[C@H]1O[C@@H](n2cnc3c(=O)[nH]c(N)nc32)C(C)(O)[C@H]1O. The van der Waals surface area contributed by atoms with E-state index in [0.29, 0.717) is 11.1 Å². The zero-order chi connectivity index (χ0) is 35.3. The van der Waals surface area contributed by atoms with Gasteiger partial charge >= 0.3 is 19.6 Å². The van der Waals surface area contributed by atoms with Gasteiger partial charge in [-0.1, -0.05) is 60.7 Å². The second-order valence-electron chi connectivity index (χ2n) is 11.6. The predicted molar refractivity (Wildman–Crippen MR) is 175 cm³/mol. The third kappa shape index (κ3) is 8.05. The summed E-state index contributed by atoms with van der Waals surface area (Å²) >= 11 is 0. The molecule has 6 atom stereocenters. The van der Waals surface area contributed by atoms with Gasteiger partial charge in [0, 0.05) is 0 Å². The van der Waals surface area contributed by atoms with Gasteiger partial charge in [-0.15, -0.1) is 0 Å². The average molecular weight is 700 g/mol. The summed E-state index contributed by atoms with van der Waals surface area (Å²) in [4.78, 5) is 48.7. The number of esters is 2. The fourth-order valence-electron chi connectivity index (χ4n) is 5.54. The zero-order valence-electron chi connectivity index (χ0n) is 26.9. The lowest BCUT2D eigenvalue weighted by Crippen LogP contribution is -2.47. The number of nitrogens with one attached hydrogen (secondary N) is 3. The van der Waals surface area contributed by atoms with Gasteiger partial charge in [-0.3, -0.25) is 28.5 Å². The van der Waals surface area contributed by atoms with Crippen LogP contribution in [-0.2, 0) is 45.7 Å². The number of methoxy groups -OCH3 is 2. The van der Waals surface area contributed by atoms with E-state index in [0.717, 1.165) is 0 Å². The molecule has 1 saturated heterocycles. The summed E-state index contributed by atoms with van der Waals surface area (Å²) in [6.45, 7) is 0.674. The Balaban J connectivity index is 1.44. The van der Waals surface area contributed by atoms with Crippen LogP contribution in [0.4, 0.5) is 5.95 Å². The molecule has 262 valence electrons. The Morgan fingerprint density at radius 1 is 1.04 bits per heavy atom. The van der Waals surface area contributed by atoms with E-state index in [1.165, 1.54) is 32.0 Å². The van der Waals surface area contributed by atoms with Crippen molar-refractivity contribution < 1.29 is 43.1 Å². The molecule has 0 aliphatic carbocycles. The van der Waals surface area contributed by atoms with Gasteiger partial charge in [0.1, 0.15) is 29.9 Å². The van der Waals surface area contributed by atoms with Gasteiger partial charge < -0.3 is 34.7 Å². The number of hydrogen-bond acceptors (Lipinski definition) is 13. The Labute approximate surface area is 280 Å². The monoisotopic (exact) mass is 699 g/mol. The van der Waals surface area contributed by atoms with Crippen molar-refractivity contribution in [3.8, 4) is 0 Å². The van der Waals surface area contributed by atoms with Crippen molar-refractivity contribution in [1.29, 1.82) is 0 Å². The Hall–Kier alpha value is -4.48. The second-order valence-corrected chi connectivity index (χ2v) is 13.5. The lowest BCUT2D eigenvalue weighted by Gasteiger charge is -2.29. The van der Waals surface area contributed by atoms with Crippen LogP contribution in [0.25, 0.3) is 11.2 Å². The van der Waals surface area contributed by atoms with E-state index in [2.05, 4.69) is 25.1 Å². The molecule has 2 aromatic heterocycles. The first-order valence-corrected chi connectivity index (χ1v) is 16.8. The van der Waals surface area contributed by atoms with Crippen LogP contribution in [0.2, 0.25) is 0 Å². The molecule has 49 heavy (non-hydrogen) atoms. The molecule has 0 amide bonds. The molecule has 5 rings (SSSR count). The van der Waals surface area contributed by atoms with Crippen molar-refractivity contribution in [2.24, 2.45) is 0 Å². The Morgan fingerprint density at radius 3 is 2.08 bits per heavy atom. The highest BCUT2D eigenvalue weighted by Crippen LogP contribution is 2.44. The molecule has 4 aromatic rings. The highest BCUT2D eigenvalue weighted by molar-refractivity contribution is 7.54. The third-order valence-electron chi connectivity index (χ3n) is 8.07. The fraction of sp³-hybridized carbons (Fsp3) is 0.387. The van der Waals surface area contributed by atoms with Gasteiger partial charge in [-0.2, -0.15) is 4.98 Å². The standard InChI is InChI=1S/C31H38N7O10P/c1-31(43)24(39)22(48-29(31)38-17-33-23-25(38)34-30(32)35-26(23)40)16-47-49(44,36-20(27(41)45-2)14-18-10-6-4-7-11-18)37-21(28(42)46-3)15-19-12-8-5-9-13-19/h4-13,17,20-22,24,29,39,43H,14-16H2,1-3H3,(H2,36,37,44)(H3,32,34,35,40)/t20-,21-,22+,24-,29+,31?/m0/s1. The van der Waals surface area contributed by atoms with Crippen molar-refractivity contribution in [3.05, 3.63) is 88.5 Å². The molecule has 1 aliphatic heterocycles. The van der Waals surface area contributed by atoms with E-state index >= 15 is 0 Å². The van der Waals surface area contributed by atoms with E-state index in [1.54, 1.807) is 60.7 Å². The number of fused-ring (bicyclic) bond motifs is 1. The molecule has 1 fully saturated rings. The molecule has 0 spiro atoms. The van der Waals surface area contributed by atoms with E-state index in [1.807, 2.05) is 0 Å². The lowest BCUT2D eigenvalue weighted by molar-refractivity contribution is -0.143. The van der Waals surface area contributed by atoms with Crippen LogP contribution in [0.1, 0.15) is 24.3 Å². The van der Waals surface area contributed by atoms with Crippen molar-refractivity contribution >= 4 is 36.7 Å². The first kappa shape index (κ1) is 35.8. The van der Waals surface area contributed by atoms with Crippen molar-refractivity contribution in [2.45, 2.75) is 55.9 Å². The number of carbonyl (C=O) groups is 2. The number of rotatable bonds is 14. The number of anilines is 1. The number of carbonyl (C=O) groups excluding carboxylic acids is 2. The number of nitrogen functional groups attached to an aromatic ring is 1. The minimum absolute atomic E-state index is 0.0158. The smallest absolute Gasteiger partial charge is 0.342 e. The van der Waals surface area contributed by atoms with Crippen LogP contribution in [0, 0.1) is 0 Å². The molecule has 3 heterocycles. The van der Waals surface area contributed by atoms with Gasteiger partial charge in [0.15, 0.2) is 17.4 Å². The first-order valence-electron chi connectivity index (χ1n) is 15.2. The molecule has 1 unspecified atom stereocenters. The average Bonchev–Trinajstić information content (AvgIpc) is 3.60. The number of ether oxygens (including phenoxy) is 3. The van der Waals surface area contributed by atoms with Crippen molar-refractivity contribution in [3.63, 3.8) is 0 Å². The third-order valence-corrected chi connectivity index (χ3v) is 9.88.